The van der Waals surface area contributed by atoms with Gasteiger partial charge in [-0.1, -0.05) is 11.6 Å². The average Bonchev–Trinajstić information content (AvgIpc) is 1.88. The van der Waals surface area contributed by atoms with Gasteiger partial charge in [0.25, 0.3) is 0 Å². The van der Waals surface area contributed by atoms with E-state index in [0.717, 1.165) is 15.1 Å². The van der Waals surface area contributed by atoms with Gasteiger partial charge in [0, 0.05) is 34.1 Å². The summed E-state index contributed by atoms with van der Waals surface area (Å²) in [6.45, 7) is 3.65. The molecule has 0 aliphatic rings. The van der Waals surface area contributed by atoms with Crippen LogP contribution in [-0.4, -0.2) is 0 Å². The lowest BCUT2D eigenvalue weighted by molar-refractivity contribution is 1.48. The molecule has 1 rings (SSSR count). The molecule has 2 heteroatoms. The second kappa shape index (κ2) is 3.31. The Kier molecular flexibility index (Phi) is 2.64. The smallest absolute Gasteiger partial charge is 0.126 e. The molecule has 0 aliphatic carbocycles. The number of hydrogen-bond acceptors (Lipinski definition) is 0. The Balaban J connectivity index is 3.07. The van der Waals surface area contributed by atoms with E-state index >= 15 is 0 Å². The van der Waals surface area contributed by atoms with E-state index in [0.29, 0.717) is 0 Å². The first-order valence-corrected chi connectivity index (χ1v) is 3.98. The molecule has 0 heterocycles. The van der Waals surface area contributed by atoms with Crippen molar-refractivity contribution in [1.82, 2.24) is 0 Å². The molecule has 1 aromatic carbocycles. The fourth-order valence-electron chi connectivity index (χ4n) is 0.667. The van der Waals surface area contributed by atoms with Crippen LogP contribution in [0.3, 0.4) is 0 Å². The van der Waals surface area contributed by atoms with Crippen LogP contribution in [0, 0.1) is 13.3 Å². The van der Waals surface area contributed by atoms with Crippen molar-refractivity contribution in [3.05, 3.63) is 46.6 Å². The minimum absolute atomic E-state index is 0.734. The molecule has 0 saturated carbocycles. The third-order valence-corrected chi connectivity index (χ3v) is 2.10. The van der Waals surface area contributed by atoms with Crippen molar-refractivity contribution in [3.8, 4) is 0 Å². The monoisotopic (exact) mass is 216 g/mol. The molecule has 0 atom stereocenters. The van der Waals surface area contributed by atoms with Crippen LogP contribution >= 0.6 is 27.5 Å². The Morgan fingerprint density at radius 2 is 2.20 bits per heavy atom. The molecule has 10 heavy (non-hydrogen) atoms. The zero-order valence-electron chi connectivity index (χ0n) is 5.27. The zero-order chi connectivity index (χ0) is 7.56. The molecule has 0 saturated heterocycles. The van der Waals surface area contributed by atoms with Gasteiger partial charge in [-0.2, -0.15) is 0 Å². The molecule has 1 aromatic rings. The van der Waals surface area contributed by atoms with Crippen molar-refractivity contribution in [2.24, 2.45) is 0 Å². The molecule has 0 aromatic heterocycles. The van der Waals surface area contributed by atoms with Crippen molar-refractivity contribution in [2.75, 3.05) is 0 Å². The highest BCUT2D eigenvalue weighted by Gasteiger charge is 2.03. The Morgan fingerprint density at radius 1 is 1.50 bits per heavy atom. The van der Waals surface area contributed by atoms with Crippen LogP contribution in [0.4, 0.5) is 0 Å². The molecular weight excluding hydrogens is 211 g/mol. The van der Waals surface area contributed by atoms with Crippen molar-refractivity contribution in [2.45, 2.75) is 0 Å². The van der Waals surface area contributed by atoms with Gasteiger partial charge < -0.3 is 0 Å². The third-order valence-electron chi connectivity index (χ3n) is 1.18. The SMILES string of the molecule is [CH2-][CH+]c1ccc(Cl)cc1Br. The van der Waals surface area contributed by atoms with Crippen LogP contribution in [0.5, 0.6) is 0 Å². The Bertz CT molecular complexity index is 233. The molecule has 0 amide bonds. The third kappa shape index (κ3) is 1.68. The maximum absolute atomic E-state index is 5.71. The van der Waals surface area contributed by atoms with Gasteiger partial charge in [0.05, 0.1) is 5.02 Å². The first kappa shape index (κ1) is 7.96. The van der Waals surface area contributed by atoms with Crippen LogP contribution in [0.25, 0.3) is 0 Å². The normalized spacial score (nSPS) is 9.50. The minimum Gasteiger partial charge on any atom is -0.260 e. The first-order chi connectivity index (χ1) is 4.74. The fourth-order valence-corrected chi connectivity index (χ4v) is 1.51. The largest absolute Gasteiger partial charge is 0.260 e. The van der Waals surface area contributed by atoms with E-state index in [2.05, 4.69) is 22.9 Å². The Labute approximate surface area is 74.3 Å². The van der Waals surface area contributed by atoms with Crippen LogP contribution < -0.4 is 0 Å². The zero-order valence-corrected chi connectivity index (χ0v) is 7.61. The maximum Gasteiger partial charge on any atom is 0.126 e. The molecule has 0 radical (unpaired) electrons. The van der Waals surface area contributed by atoms with Gasteiger partial charge in [0.1, 0.15) is 10.0 Å². The molecular formula is C8H6BrCl. The van der Waals surface area contributed by atoms with Crippen LogP contribution in [0.15, 0.2) is 22.7 Å². The quantitative estimate of drug-likeness (QED) is 0.632. The summed E-state index contributed by atoms with van der Waals surface area (Å²) in [6.07, 6.45) is 1.78. The van der Waals surface area contributed by atoms with E-state index in [9.17, 15) is 0 Å². The van der Waals surface area contributed by atoms with E-state index in [4.69, 9.17) is 11.6 Å². The summed E-state index contributed by atoms with van der Waals surface area (Å²) in [6, 6.07) is 5.60. The predicted octanol–water partition coefficient (Wildman–Crippen LogP) is 3.49. The lowest BCUT2D eigenvalue weighted by atomic mass is 10.2. The molecule has 0 spiro atoms. The van der Waals surface area contributed by atoms with Crippen LogP contribution in [0.1, 0.15) is 5.56 Å². The van der Waals surface area contributed by atoms with Gasteiger partial charge in [-0.15, -0.1) is 6.42 Å². The highest BCUT2D eigenvalue weighted by atomic mass is 79.9. The van der Waals surface area contributed by atoms with Gasteiger partial charge >= 0.3 is 0 Å². The van der Waals surface area contributed by atoms with E-state index < -0.39 is 0 Å². The topological polar surface area (TPSA) is 0 Å². The van der Waals surface area contributed by atoms with Gasteiger partial charge in [0.15, 0.2) is 0 Å². The molecule has 0 fully saturated rings. The highest BCUT2D eigenvalue weighted by Crippen LogP contribution is 2.22. The standard InChI is InChI=1S/C8H6BrCl/c1-2-6-3-4-7(10)5-8(6)9/h2-5H,1H2. The molecule has 0 bridgehead atoms. The van der Waals surface area contributed by atoms with Crippen molar-refractivity contribution >= 4 is 27.5 Å². The Morgan fingerprint density at radius 3 is 2.70 bits per heavy atom. The van der Waals surface area contributed by atoms with Gasteiger partial charge in [0.2, 0.25) is 0 Å². The summed E-state index contributed by atoms with van der Waals surface area (Å²) in [4.78, 5) is 0. The van der Waals surface area contributed by atoms with Crippen molar-refractivity contribution < 1.29 is 0 Å². The van der Waals surface area contributed by atoms with E-state index in [-0.39, 0.29) is 0 Å². The van der Waals surface area contributed by atoms with Crippen LogP contribution in [0.2, 0.25) is 5.02 Å². The lowest BCUT2D eigenvalue weighted by Crippen LogP contribution is -1.78. The number of rotatable bonds is 1. The summed E-state index contributed by atoms with van der Waals surface area (Å²) < 4.78 is 0.981. The van der Waals surface area contributed by atoms with Crippen molar-refractivity contribution in [1.29, 1.82) is 0 Å². The van der Waals surface area contributed by atoms with E-state index in [1.54, 1.807) is 6.42 Å². The minimum atomic E-state index is 0.734. The van der Waals surface area contributed by atoms with Gasteiger partial charge in [-0.25, -0.2) is 0 Å². The molecule has 0 aliphatic heterocycles. The van der Waals surface area contributed by atoms with Crippen molar-refractivity contribution in [3.63, 3.8) is 0 Å². The van der Waals surface area contributed by atoms with Crippen LogP contribution in [-0.2, 0) is 0 Å². The molecule has 0 unspecified atom stereocenters. The summed E-state index contributed by atoms with van der Waals surface area (Å²) in [5, 5.41) is 0.734. The number of halogens is 2. The lowest BCUT2D eigenvalue weighted by Gasteiger charge is -1.93. The summed E-state index contributed by atoms with van der Waals surface area (Å²) in [5.41, 5.74) is 1.06. The van der Waals surface area contributed by atoms with E-state index in [1.165, 1.54) is 0 Å². The number of benzene rings is 1. The van der Waals surface area contributed by atoms with E-state index in [1.807, 2.05) is 18.2 Å². The first-order valence-electron chi connectivity index (χ1n) is 2.81. The predicted molar refractivity (Wildman–Crippen MR) is 47.9 cm³/mol. The molecule has 0 N–H and O–H groups in total. The summed E-state index contributed by atoms with van der Waals surface area (Å²) >= 11 is 9.06. The van der Waals surface area contributed by atoms with Gasteiger partial charge in [-0.3, -0.25) is 6.92 Å². The maximum atomic E-state index is 5.71. The second-order valence-corrected chi connectivity index (χ2v) is 3.16. The number of hydrogen-bond donors (Lipinski definition) is 0. The molecule has 52 valence electrons. The Hall–Kier alpha value is -0.140. The van der Waals surface area contributed by atoms with Gasteiger partial charge in [-0.05, 0) is 0 Å². The summed E-state index contributed by atoms with van der Waals surface area (Å²) in [5.74, 6) is 0. The second-order valence-electron chi connectivity index (χ2n) is 1.87. The average molecular weight is 217 g/mol. The fraction of sp³-hybridized carbons (Fsp3) is 0. The highest BCUT2D eigenvalue weighted by molar-refractivity contribution is 9.10. The molecule has 0 nitrogen and oxygen atoms in total. The summed E-state index contributed by atoms with van der Waals surface area (Å²) in [7, 11) is 0.